The number of hydrogen-bond acceptors (Lipinski definition) is 4. The molecule has 1 unspecified atom stereocenters. The van der Waals surface area contributed by atoms with Crippen molar-refractivity contribution < 1.29 is 14.3 Å². The molecule has 6 heteroatoms. The van der Waals surface area contributed by atoms with Crippen LogP contribution in [0.1, 0.15) is 37.6 Å². The zero-order valence-corrected chi connectivity index (χ0v) is 15.5. The molecule has 1 N–H and O–H groups in total. The Balaban J connectivity index is 1.87. The number of benzene rings is 1. The summed E-state index contributed by atoms with van der Waals surface area (Å²) in [4.78, 5) is 28.7. The van der Waals surface area contributed by atoms with Crippen molar-refractivity contribution in [2.75, 3.05) is 39.3 Å². The van der Waals surface area contributed by atoms with Crippen LogP contribution in [0.2, 0.25) is 0 Å². The average molecular weight is 347 g/mol. The molecule has 0 radical (unpaired) electrons. The fraction of sp³-hybridized carbons (Fsp3) is 0.579. The first-order chi connectivity index (χ1) is 12.0. The van der Waals surface area contributed by atoms with E-state index >= 15 is 0 Å². The second-order valence-corrected chi connectivity index (χ2v) is 6.37. The smallest absolute Gasteiger partial charge is 0.257 e. The highest BCUT2D eigenvalue weighted by atomic mass is 16.5. The summed E-state index contributed by atoms with van der Waals surface area (Å²) in [7, 11) is 0. The molecule has 2 rings (SSSR count). The SMILES string of the molecule is CCOc1ccccc1C(=O)N1CCN(CC(=O)NC(C)CC)CC1. The van der Waals surface area contributed by atoms with Gasteiger partial charge in [0.05, 0.1) is 18.7 Å². The maximum absolute atomic E-state index is 12.8. The van der Waals surface area contributed by atoms with Crippen molar-refractivity contribution in [1.29, 1.82) is 0 Å². The number of para-hydroxylation sites is 1. The first-order valence-corrected chi connectivity index (χ1v) is 9.08. The largest absolute Gasteiger partial charge is 0.493 e. The second-order valence-electron chi connectivity index (χ2n) is 6.37. The molecule has 1 aliphatic heterocycles. The van der Waals surface area contributed by atoms with E-state index in [0.29, 0.717) is 50.6 Å². The molecule has 138 valence electrons. The van der Waals surface area contributed by atoms with E-state index < -0.39 is 0 Å². The third kappa shape index (κ3) is 5.46. The number of hydrogen-bond donors (Lipinski definition) is 1. The molecule has 1 aromatic rings. The molecule has 1 aliphatic rings. The Hall–Kier alpha value is -2.08. The average Bonchev–Trinajstić information content (AvgIpc) is 2.62. The lowest BCUT2D eigenvalue weighted by Crippen LogP contribution is -2.51. The normalized spacial score (nSPS) is 16.4. The minimum atomic E-state index is -0.00671. The number of rotatable bonds is 7. The van der Waals surface area contributed by atoms with E-state index in [2.05, 4.69) is 17.1 Å². The number of nitrogens with zero attached hydrogens (tertiary/aromatic N) is 2. The Bertz CT molecular complexity index is 583. The number of ether oxygens (including phenoxy) is 1. The fourth-order valence-electron chi connectivity index (χ4n) is 2.83. The zero-order chi connectivity index (χ0) is 18.2. The number of carbonyl (C=O) groups is 2. The van der Waals surface area contributed by atoms with Gasteiger partial charge in [0.2, 0.25) is 5.91 Å². The lowest BCUT2D eigenvalue weighted by molar-refractivity contribution is -0.123. The van der Waals surface area contributed by atoms with Crippen molar-refractivity contribution in [2.45, 2.75) is 33.2 Å². The predicted octanol–water partition coefficient (Wildman–Crippen LogP) is 1.76. The molecule has 0 saturated carbocycles. The first-order valence-electron chi connectivity index (χ1n) is 9.08. The van der Waals surface area contributed by atoms with Gasteiger partial charge in [0, 0.05) is 32.2 Å². The van der Waals surface area contributed by atoms with Crippen LogP contribution in [0, 0.1) is 0 Å². The highest BCUT2D eigenvalue weighted by Crippen LogP contribution is 2.20. The van der Waals surface area contributed by atoms with Gasteiger partial charge in [-0.3, -0.25) is 14.5 Å². The van der Waals surface area contributed by atoms with Crippen LogP contribution in [0.5, 0.6) is 5.75 Å². The molecule has 1 saturated heterocycles. The van der Waals surface area contributed by atoms with E-state index in [0.717, 1.165) is 6.42 Å². The van der Waals surface area contributed by atoms with E-state index in [4.69, 9.17) is 4.74 Å². The van der Waals surface area contributed by atoms with Crippen LogP contribution in [0.3, 0.4) is 0 Å². The summed E-state index contributed by atoms with van der Waals surface area (Å²) in [5.41, 5.74) is 0.604. The lowest BCUT2D eigenvalue weighted by Gasteiger charge is -2.34. The van der Waals surface area contributed by atoms with E-state index in [1.54, 1.807) is 6.07 Å². The molecule has 6 nitrogen and oxygen atoms in total. The molecular formula is C19H29N3O3. The molecule has 1 aromatic carbocycles. The van der Waals surface area contributed by atoms with E-state index in [1.807, 2.05) is 36.9 Å². The minimum Gasteiger partial charge on any atom is -0.493 e. The molecule has 25 heavy (non-hydrogen) atoms. The summed E-state index contributed by atoms with van der Waals surface area (Å²) >= 11 is 0. The maximum atomic E-state index is 12.8. The van der Waals surface area contributed by atoms with Crippen molar-refractivity contribution in [1.82, 2.24) is 15.1 Å². The summed E-state index contributed by atoms with van der Waals surface area (Å²) in [5.74, 6) is 0.675. The van der Waals surface area contributed by atoms with Crippen LogP contribution in [0.25, 0.3) is 0 Å². The Morgan fingerprint density at radius 3 is 2.48 bits per heavy atom. The van der Waals surface area contributed by atoms with Gasteiger partial charge in [-0.15, -0.1) is 0 Å². The van der Waals surface area contributed by atoms with Crippen molar-refractivity contribution in [3.8, 4) is 5.75 Å². The summed E-state index contributed by atoms with van der Waals surface area (Å²) in [6.07, 6.45) is 0.924. The van der Waals surface area contributed by atoms with Crippen LogP contribution < -0.4 is 10.1 Å². The predicted molar refractivity (Wildman–Crippen MR) is 97.9 cm³/mol. The van der Waals surface area contributed by atoms with Gasteiger partial charge in [-0.1, -0.05) is 19.1 Å². The van der Waals surface area contributed by atoms with Crippen molar-refractivity contribution in [3.05, 3.63) is 29.8 Å². The Labute approximate surface area is 150 Å². The highest BCUT2D eigenvalue weighted by molar-refractivity contribution is 5.97. The summed E-state index contributed by atoms with van der Waals surface area (Å²) in [6.45, 7) is 9.54. The topological polar surface area (TPSA) is 61.9 Å². The standard InChI is InChI=1S/C19H29N3O3/c1-4-15(3)20-18(23)14-21-10-12-22(13-11-21)19(24)16-8-6-7-9-17(16)25-5-2/h6-9,15H,4-5,10-14H2,1-3H3,(H,20,23). The van der Waals surface area contributed by atoms with Crippen molar-refractivity contribution in [3.63, 3.8) is 0 Å². The number of piperazine rings is 1. The van der Waals surface area contributed by atoms with Gasteiger partial charge in [-0.25, -0.2) is 0 Å². The highest BCUT2D eigenvalue weighted by Gasteiger charge is 2.25. The number of carbonyl (C=O) groups excluding carboxylic acids is 2. The third-order valence-electron chi connectivity index (χ3n) is 4.46. The van der Waals surface area contributed by atoms with Gasteiger partial charge in [0.15, 0.2) is 0 Å². The molecular weight excluding hydrogens is 318 g/mol. The Kier molecular flexibility index (Phi) is 7.25. The van der Waals surface area contributed by atoms with Crippen LogP contribution in [-0.4, -0.2) is 67.0 Å². The van der Waals surface area contributed by atoms with Crippen molar-refractivity contribution in [2.24, 2.45) is 0 Å². The van der Waals surface area contributed by atoms with Crippen molar-refractivity contribution >= 4 is 11.8 Å². The summed E-state index contributed by atoms with van der Waals surface area (Å²) in [6, 6.07) is 7.55. The second kappa shape index (κ2) is 9.42. The Morgan fingerprint density at radius 1 is 1.16 bits per heavy atom. The molecule has 1 fully saturated rings. The molecule has 1 atom stereocenters. The maximum Gasteiger partial charge on any atom is 0.257 e. The van der Waals surface area contributed by atoms with Crippen LogP contribution in [0.15, 0.2) is 24.3 Å². The quantitative estimate of drug-likeness (QED) is 0.816. The fourth-order valence-corrected chi connectivity index (χ4v) is 2.83. The third-order valence-corrected chi connectivity index (χ3v) is 4.46. The lowest BCUT2D eigenvalue weighted by atomic mass is 10.1. The number of amides is 2. The molecule has 0 spiro atoms. The van der Waals surface area contributed by atoms with E-state index in [-0.39, 0.29) is 17.9 Å². The van der Waals surface area contributed by atoms with Gasteiger partial charge in [-0.2, -0.15) is 0 Å². The molecule has 1 heterocycles. The number of nitrogens with one attached hydrogen (secondary N) is 1. The van der Waals surface area contributed by atoms with Crippen LogP contribution in [-0.2, 0) is 4.79 Å². The van der Waals surface area contributed by atoms with E-state index in [9.17, 15) is 9.59 Å². The summed E-state index contributed by atoms with van der Waals surface area (Å²) < 4.78 is 5.56. The first kappa shape index (κ1) is 19.2. The molecule has 0 aliphatic carbocycles. The summed E-state index contributed by atoms with van der Waals surface area (Å²) in [5, 5.41) is 2.98. The van der Waals surface area contributed by atoms with Gasteiger partial charge in [0.25, 0.3) is 5.91 Å². The minimum absolute atomic E-state index is 0.00671. The molecule has 2 amide bonds. The monoisotopic (exact) mass is 347 g/mol. The zero-order valence-electron chi connectivity index (χ0n) is 15.5. The van der Waals surface area contributed by atoms with Gasteiger partial charge in [0.1, 0.15) is 5.75 Å². The van der Waals surface area contributed by atoms with Gasteiger partial charge >= 0.3 is 0 Å². The van der Waals surface area contributed by atoms with Crippen LogP contribution >= 0.6 is 0 Å². The molecule has 0 aromatic heterocycles. The van der Waals surface area contributed by atoms with Gasteiger partial charge < -0.3 is 15.0 Å². The molecule has 0 bridgehead atoms. The van der Waals surface area contributed by atoms with Gasteiger partial charge in [-0.05, 0) is 32.4 Å². The van der Waals surface area contributed by atoms with E-state index in [1.165, 1.54) is 0 Å². The van der Waals surface area contributed by atoms with Crippen LogP contribution in [0.4, 0.5) is 0 Å². The Morgan fingerprint density at radius 2 is 1.84 bits per heavy atom.